The Labute approximate surface area is 157 Å². The summed E-state index contributed by atoms with van der Waals surface area (Å²) in [6.07, 6.45) is 25.2. The van der Waals surface area contributed by atoms with Crippen molar-refractivity contribution in [3.8, 4) is 0 Å². The molecule has 0 rings (SSSR count). The lowest BCUT2D eigenvalue weighted by Gasteiger charge is -2.03. The van der Waals surface area contributed by atoms with E-state index in [1.165, 1.54) is 125 Å². The summed E-state index contributed by atoms with van der Waals surface area (Å²) in [4.78, 5) is 0. The molecule has 0 amide bonds. The van der Waals surface area contributed by atoms with Crippen LogP contribution in [0.25, 0.3) is 0 Å². The monoisotopic (exact) mass is 370 g/mol. The standard InChI is InChI=1S/C19H42Si.2ClH/c1-2-3-4-5-6-7-8-9-10-11-12-13-14-15-16-17-18-19-20;;/h2-19H2,1,20H3;2*1H. The van der Waals surface area contributed by atoms with Gasteiger partial charge >= 0.3 is 0 Å². The molecular weight excluding hydrogens is 327 g/mol. The highest BCUT2D eigenvalue weighted by Gasteiger charge is 1.94. The van der Waals surface area contributed by atoms with Gasteiger partial charge in [0.15, 0.2) is 0 Å². The van der Waals surface area contributed by atoms with Gasteiger partial charge in [0.25, 0.3) is 0 Å². The zero-order valence-electron chi connectivity index (χ0n) is 15.5. The summed E-state index contributed by atoms with van der Waals surface area (Å²) in [6.45, 7) is 2.30. The van der Waals surface area contributed by atoms with Crippen LogP contribution in [0.3, 0.4) is 0 Å². The molecule has 0 fully saturated rings. The van der Waals surface area contributed by atoms with Crippen LogP contribution in [0.5, 0.6) is 0 Å². The zero-order chi connectivity index (χ0) is 14.7. The third-order valence-corrected chi connectivity index (χ3v) is 5.16. The van der Waals surface area contributed by atoms with E-state index in [0.717, 1.165) is 0 Å². The van der Waals surface area contributed by atoms with Crippen LogP contribution >= 0.6 is 24.8 Å². The lowest BCUT2D eigenvalue weighted by molar-refractivity contribution is 0.529. The first-order chi connectivity index (χ1) is 9.91. The Bertz CT molecular complexity index is 148. The summed E-state index contributed by atoms with van der Waals surface area (Å²) in [5, 5.41) is 0. The highest BCUT2D eigenvalue weighted by atomic mass is 35.5. The molecule has 0 N–H and O–H groups in total. The summed E-state index contributed by atoms with van der Waals surface area (Å²) >= 11 is 0. The predicted octanol–water partition coefficient (Wildman–Crippen LogP) is 7.27. The molecular formula is C19H44Cl2Si. The zero-order valence-corrected chi connectivity index (χ0v) is 19.2. The van der Waals surface area contributed by atoms with E-state index in [0.29, 0.717) is 0 Å². The van der Waals surface area contributed by atoms with Gasteiger partial charge in [-0.2, -0.15) is 0 Å². The van der Waals surface area contributed by atoms with Crippen LogP contribution in [0.2, 0.25) is 6.04 Å². The Balaban J connectivity index is -0.00000180. The van der Waals surface area contributed by atoms with Crippen molar-refractivity contribution in [2.24, 2.45) is 0 Å². The van der Waals surface area contributed by atoms with Crippen molar-refractivity contribution >= 4 is 35.1 Å². The molecule has 0 saturated heterocycles. The molecule has 0 radical (unpaired) electrons. The fourth-order valence-electron chi connectivity index (χ4n) is 2.97. The molecule has 0 heterocycles. The topological polar surface area (TPSA) is 0 Å². The van der Waals surface area contributed by atoms with Gasteiger partial charge in [0.2, 0.25) is 0 Å². The van der Waals surface area contributed by atoms with Gasteiger partial charge in [-0.25, -0.2) is 0 Å². The van der Waals surface area contributed by atoms with Crippen molar-refractivity contribution < 1.29 is 0 Å². The van der Waals surface area contributed by atoms with Gasteiger partial charge in [-0.05, 0) is 0 Å². The summed E-state index contributed by atoms with van der Waals surface area (Å²) < 4.78 is 0. The molecule has 0 bridgehead atoms. The van der Waals surface area contributed by atoms with Crippen molar-refractivity contribution in [3.05, 3.63) is 0 Å². The number of rotatable bonds is 17. The molecule has 0 aliphatic carbocycles. The molecule has 0 atom stereocenters. The Morgan fingerprint density at radius 2 is 0.636 bits per heavy atom. The second-order valence-corrected chi connectivity index (χ2v) is 7.66. The summed E-state index contributed by atoms with van der Waals surface area (Å²) in [5.74, 6) is 0. The van der Waals surface area contributed by atoms with Gasteiger partial charge in [-0.3, -0.25) is 0 Å². The average Bonchev–Trinajstić information content (AvgIpc) is 2.47. The van der Waals surface area contributed by atoms with E-state index in [1.807, 2.05) is 0 Å². The Kier molecular flexibility index (Phi) is 33.5. The molecule has 0 spiro atoms. The first kappa shape index (κ1) is 27.6. The van der Waals surface area contributed by atoms with Crippen LogP contribution in [-0.2, 0) is 0 Å². The molecule has 0 aliphatic rings. The van der Waals surface area contributed by atoms with E-state index in [2.05, 4.69) is 6.92 Å². The summed E-state index contributed by atoms with van der Waals surface area (Å²) in [6, 6.07) is 1.51. The van der Waals surface area contributed by atoms with Crippen molar-refractivity contribution in [1.82, 2.24) is 0 Å². The van der Waals surface area contributed by atoms with E-state index in [9.17, 15) is 0 Å². The number of hydrogen-bond donors (Lipinski definition) is 0. The third-order valence-electron chi connectivity index (χ3n) is 4.46. The van der Waals surface area contributed by atoms with E-state index in [1.54, 1.807) is 0 Å². The van der Waals surface area contributed by atoms with Gasteiger partial charge in [0.05, 0.1) is 0 Å². The maximum atomic E-state index is 2.30. The predicted molar refractivity (Wildman–Crippen MR) is 113 cm³/mol. The molecule has 0 aliphatic heterocycles. The van der Waals surface area contributed by atoms with Gasteiger partial charge < -0.3 is 0 Å². The van der Waals surface area contributed by atoms with Gasteiger partial charge in [-0.1, -0.05) is 122 Å². The molecule has 138 valence electrons. The largest absolute Gasteiger partial charge is 0.147 e. The third kappa shape index (κ3) is 25.7. The quantitative estimate of drug-likeness (QED) is 0.186. The molecule has 0 saturated carbocycles. The van der Waals surface area contributed by atoms with E-state index in [-0.39, 0.29) is 24.8 Å². The summed E-state index contributed by atoms with van der Waals surface area (Å²) in [5.41, 5.74) is 0. The van der Waals surface area contributed by atoms with Crippen LogP contribution in [0, 0.1) is 0 Å². The van der Waals surface area contributed by atoms with Crippen molar-refractivity contribution in [2.45, 2.75) is 122 Å². The van der Waals surface area contributed by atoms with E-state index < -0.39 is 0 Å². The number of halogens is 2. The maximum absolute atomic E-state index is 2.30. The SMILES string of the molecule is CCCCCCCCCCCCCCCCCCC[SiH3].Cl.Cl. The van der Waals surface area contributed by atoms with Gasteiger partial charge in [0.1, 0.15) is 0 Å². The van der Waals surface area contributed by atoms with Gasteiger partial charge in [0, 0.05) is 10.2 Å². The van der Waals surface area contributed by atoms with Crippen molar-refractivity contribution in [2.75, 3.05) is 0 Å². The van der Waals surface area contributed by atoms with E-state index >= 15 is 0 Å². The average molecular weight is 372 g/mol. The minimum absolute atomic E-state index is 0. The van der Waals surface area contributed by atoms with Crippen LogP contribution in [-0.4, -0.2) is 10.2 Å². The smallest absolute Gasteiger partial charge is 0.00279 e. The first-order valence-corrected chi connectivity index (χ1v) is 11.3. The Hall–Kier alpha value is 0.797. The molecule has 0 unspecified atom stereocenters. The van der Waals surface area contributed by atoms with Crippen LogP contribution < -0.4 is 0 Å². The highest BCUT2D eigenvalue weighted by molar-refractivity contribution is 6.08. The normalized spacial score (nSPS) is 10.2. The molecule has 0 aromatic carbocycles. The lowest BCUT2D eigenvalue weighted by Crippen LogP contribution is -1.83. The minimum atomic E-state index is 0. The van der Waals surface area contributed by atoms with E-state index in [4.69, 9.17) is 0 Å². The fourth-order valence-corrected chi connectivity index (χ4v) is 3.47. The van der Waals surface area contributed by atoms with Gasteiger partial charge in [-0.15, -0.1) is 24.8 Å². The van der Waals surface area contributed by atoms with Crippen molar-refractivity contribution in [1.29, 1.82) is 0 Å². The first-order valence-electron chi connectivity index (χ1n) is 9.91. The maximum Gasteiger partial charge on any atom is 0.00279 e. The van der Waals surface area contributed by atoms with Crippen LogP contribution in [0.4, 0.5) is 0 Å². The fraction of sp³-hybridized carbons (Fsp3) is 1.00. The highest BCUT2D eigenvalue weighted by Crippen LogP contribution is 2.14. The summed E-state index contributed by atoms with van der Waals surface area (Å²) in [7, 11) is 1.41. The van der Waals surface area contributed by atoms with Crippen LogP contribution in [0.1, 0.15) is 116 Å². The molecule has 0 aromatic heterocycles. The molecule has 0 nitrogen and oxygen atoms in total. The number of unbranched alkanes of at least 4 members (excludes halogenated alkanes) is 16. The Morgan fingerprint density at radius 3 is 0.864 bits per heavy atom. The van der Waals surface area contributed by atoms with Crippen molar-refractivity contribution in [3.63, 3.8) is 0 Å². The molecule has 0 aromatic rings. The van der Waals surface area contributed by atoms with Crippen LogP contribution in [0.15, 0.2) is 0 Å². The minimum Gasteiger partial charge on any atom is -0.147 e. The second-order valence-electron chi connectivity index (χ2n) is 6.66. The Morgan fingerprint density at radius 1 is 0.409 bits per heavy atom. The molecule has 22 heavy (non-hydrogen) atoms. The second kappa shape index (κ2) is 26.7. The number of hydrogen-bond acceptors (Lipinski definition) is 0. The molecule has 3 heteroatoms. The lowest BCUT2D eigenvalue weighted by atomic mass is 10.0.